The third-order valence-corrected chi connectivity index (χ3v) is 5.29. The van der Waals surface area contributed by atoms with Crippen LogP contribution in [0.3, 0.4) is 0 Å². The number of rotatable bonds is 1. The molecule has 5 heteroatoms. The quantitative estimate of drug-likeness (QED) is 0.796. The van der Waals surface area contributed by atoms with Crippen LogP contribution in [0.5, 0.6) is 0 Å². The number of benzene rings is 1. The highest BCUT2D eigenvalue weighted by Gasteiger charge is 2.28. The lowest BCUT2D eigenvalue weighted by Crippen LogP contribution is -2.25. The van der Waals surface area contributed by atoms with E-state index in [1.54, 1.807) is 0 Å². The fourth-order valence-electron chi connectivity index (χ4n) is 1.71. The lowest BCUT2D eigenvalue weighted by atomic mass is 10.2. The van der Waals surface area contributed by atoms with Crippen LogP contribution in [0.15, 0.2) is 22.7 Å². The molecule has 1 fully saturated rings. The molecule has 0 amide bonds. The number of aryl methyl sites for hydroxylation is 1. The second-order valence-electron chi connectivity index (χ2n) is 3.68. The van der Waals surface area contributed by atoms with Crippen LogP contribution >= 0.6 is 15.9 Å². The molecule has 0 aromatic heterocycles. The van der Waals surface area contributed by atoms with E-state index in [2.05, 4.69) is 15.9 Å². The van der Waals surface area contributed by atoms with Gasteiger partial charge in [0, 0.05) is 11.0 Å². The number of anilines is 1. The first-order valence-electron chi connectivity index (χ1n) is 4.77. The largest absolute Gasteiger partial charge is 0.270 e. The summed E-state index contributed by atoms with van der Waals surface area (Å²) in [6.07, 6.45) is 0.720. The Morgan fingerprint density at radius 2 is 2.13 bits per heavy atom. The van der Waals surface area contributed by atoms with Crippen molar-refractivity contribution in [1.29, 1.82) is 0 Å². The fraction of sp³-hybridized carbons (Fsp3) is 0.400. The van der Waals surface area contributed by atoms with Crippen LogP contribution in [-0.4, -0.2) is 20.7 Å². The van der Waals surface area contributed by atoms with Crippen molar-refractivity contribution < 1.29 is 8.42 Å². The minimum atomic E-state index is -3.05. The second kappa shape index (κ2) is 3.79. The third-order valence-electron chi connectivity index (χ3n) is 2.53. The minimum Gasteiger partial charge on any atom is -0.270 e. The van der Waals surface area contributed by atoms with Crippen molar-refractivity contribution in [2.75, 3.05) is 16.6 Å². The SMILES string of the molecule is Cc1cc(N2CCCS2(=O)=O)ccc1Br. The maximum Gasteiger partial charge on any atom is 0.235 e. The number of halogens is 1. The summed E-state index contributed by atoms with van der Waals surface area (Å²) in [7, 11) is -3.05. The Kier molecular flexibility index (Phi) is 2.77. The topological polar surface area (TPSA) is 37.4 Å². The maximum absolute atomic E-state index is 11.7. The van der Waals surface area contributed by atoms with E-state index in [0.29, 0.717) is 6.54 Å². The molecule has 0 unspecified atom stereocenters. The van der Waals surface area contributed by atoms with E-state index >= 15 is 0 Å². The molecule has 3 nitrogen and oxygen atoms in total. The minimum absolute atomic E-state index is 0.266. The van der Waals surface area contributed by atoms with Crippen molar-refractivity contribution in [3.63, 3.8) is 0 Å². The van der Waals surface area contributed by atoms with Crippen LogP contribution in [0.2, 0.25) is 0 Å². The monoisotopic (exact) mass is 289 g/mol. The van der Waals surface area contributed by atoms with Crippen LogP contribution in [0.25, 0.3) is 0 Å². The summed E-state index contributed by atoms with van der Waals surface area (Å²) in [5, 5.41) is 0. The molecule has 1 saturated heterocycles. The summed E-state index contributed by atoms with van der Waals surface area (Å²) in [4.78, 5) is 0. The van der Waals surface area contributed by atoms with Gasteiger partial charge >= 0.3 is 0 Å². The van der Waals surface area contributed by atoms with Gasteiger partial charge in [-0.25, -0.2) is 8.42 Å². The van der Waals surface area contributed by atoms with E-state index in [1.807, 2.05) is 25.1 Å². The van der Waals surface area contributed by atoms with Crippen molar-refractivity contribution in [3.05, 3.63) is 28.2 Å². The predicted molar refractivity (Wildman–Crippen MR) is 64.6 cm³/mol. The summed E-state index contributed by atoms with van der Waals surface area (Å²) >= 11 is 3.40. The fourth-order valence-corrected chi connectivity index (χ4v) is 3.52. The molecule has 15 heavy (non-hydrogen) atoms. The standard InChI is InChI=1S/C10H12BrNO2S/c1-8-7-9(3-4-10(8)11)12-5-2-6-15(12,13)14/h3-4,7H,2,5-6H2,1H3. The molecule has 0 aliphatic carbocycles. The van der Waals surface area contributed by atoms with E-state index in [1.165, 1.54) is 4.31 Å². The highest BCUT2D eigenvalue weighted by atomic mass is 79.9. The molecular weight excluding hydrogens is 278 g/mol. The predicted octanol–water partition coefficient (Wildman–Crippen LogP) is 2.30. The van der Waals surface area contributed by atoms with Crippen molar-refractivity contribution in [2.24, 2.45) is 0 Å². The van der Waals surface area contributed by atoms with Gasteiger partial charge < -0.3 is 0 Å². The highest BCUT2D eigenvalue weighted by molar-refractivity contribution is 9.10. The third kappa shape index (κ3) is 2.03. The van der Waals surface area contributed by atoms with Gasteiger partial charge in [0.05, 0.1) is 11.4 Å². The Labute approximate surface area is 98.3 Å². The number of hydrogen-bond donors (Lipinski definition) is 0. The molecule has 0 N–H and O–H groups in total. The first kappa shape index (κ1) is 11.0. The average Bonchev–Trinajstić information content (AvgIpc) is 2.50. The van der Waals surface area contributed by atoms with E-state index < -0.39 is 10.0 Å². The Morgan fingerprint density at radius 1 is 1.40 bits per heavy atom. The van der Waals surface area contributed by atoms with Gasteiger partial charge in [-0.05, 0) is 37.1 Å². The van der Waals surface area contributed by atoms with Crippen LogP contribution in [0.1, 0.15) is 12.0 Å². The number of sulfonamides is 1. The summed E-state index contributed by atoms with van der Waals surface area (Å²) in [6, 6.07) is 5.62. The Hall–Kier alpha value is -0.550. The zero-order chi connectivity index (χ0) is 11.1. The zero-order valence-corrected chi connectivity index (χ0v) is 10.8. The molecule has 1 aliphatic heterocycles. The second-order valence-corrected chi connectivity index (χ2v) is 6.54. The van der Waals surface area contributed by atoms with Crippen LogP contribution in [0.4, 0.5) is 5.69 Å². The van der Waals surface area contributed by atoms with Gasteiger partial charge in [0.25, 0.3) is 0 Å². The van der Waals surface area contributed by atoms with Crippen molar-refractivity contribution in [2.45, 2.75) is 13.3 Å². The smallest absolute Gasteiger partial charge is 0.235 e. The summed E-state index contributed by atoms with van der Waals surface area (Å²) in [6.45, 7) is 2.56. The normalized spacial score (nSPS) is 19.5. The maximum atomic E-state index is 11.7. The van der Waals surface area contributed by atoms with Crippen molar-refractivity contribution in [3.8, 4) is 0 Å². The average molecular weight is 290 g/mol. The first-order valence-corrected chi connectivity index (χ1v) is 7.17. The number of hydrogen-bond acceptors (Lipinski definition) is 2. The molecule has 2 rings (SSSR count). The van der Waals surface area contributed by atoms with E-state index in [4.69, 9.17) is 0 Å². The van der Waals surface area contributed by atoms with Crippen LogP contribution in [0, 0.1) is 6.92 Å². The van der Waals surface area contributed by atoms with Gasteiger partial charge in [0.15, 0.2) is 0 Å². The summed E-state index contributed by atoms with van der Waals surface area (Å²) < 4.78 is 25.8. The highest BCUT2D eigenvalue weighted by Crippen LogP contribution is 2.27. The Morgan fingerprint density at radius 3 is 2.67 bits per heavy atom. The summed E-state index contributed by atoms with van der Waals surface area (Å²) in [5.41, 5.74) is 1.82. The zero-order valence-electron chi connectivity index (χ0n) is 8.40. The van der Waals surface area contributed by atoms with Crippen molar-refractivity contribution >= 4 is 31.6 Å². The molecule has 0 atom stereocenters. The molecule has 1 aromatic rings. The van der Waals surface area contributed by atoms with Crippen LogP contribution in [-0.2, 0) is 10.0 Å². The van der Waals surface area contributed by atoms with Gasteiger partial charge in [-0.15, -0.1) is 0 Å². The van der Waals surface area contributed by atoms with Gasteiger partial charge in [0.1, 0.15) is 0 Å². The molecule has 0 spiro atoms. The molecule has 1 aliphatic rings. The first-order chi connectivity index (χ1) is 7.00. The van der Waals surface area contributed by atoms with Gasteiger partial charge in [-0.3, -0.25) is 4.31 Å². The van der Waals surface area contributed by atoms with Crippen molar-refractivity contribution in [1.82, 2.24) is 0 Å². The molecule has 0 saturated carbocycles. The molecule has 0 bridgehead atoms. The molecular formula is C10H12BrNO2S. The molecule has 82 valence electrons. The van der Waals surface area contributed by atoms with Gasteiger partial charge in [-0.1, -0.05) is 15.9 Å². The lowest BCUT2D eigenvalue weighted by Gasteiger charge is -2.17. The van der Waals surface area contributed by atoms with E-state index in [-0.39, 0.29) is 5.75 Å². The molecule has 1 aromatic carbocycles. The van der Waals surface area contributed by atoms with Gasteiger partial charge in [-0.2, -0.15) is 0 Å². The number of nitrogens with zero attached hydrogens (tertiary/aromatic N) is 1. The van der Waals surface area contributed by atoms with Crippen LogP contribution < -0.4 is 4.31 Å². The Balaban J connectivity index is 2.42. The van der Waals surface area contributed by atoms with E-state index in [9.17, 15) is 8.42 Å². The van der Waals surface area contributed by atoms with Gasteiger partial charge in [0.2, 0.25) is 10.0 Å². The van der Waals surface area contributed by atoms with E-state index in [0.717, 1.165) is 22.1 Å². The molecule has 1 heterocycles. The lowest BCUT2D eigenvalue weighted by molar-refractivity contribution is 0.599. The Bertz CT molecular complexity index is 484. The molecule has 0 radical (unpaired) electrons. The summed E-state index contributed by atoms with van der Waals surface area (Å²) in [5.74, 6) is 0.266.